The summed E-state index contributed by atoms with van der Waals surface area (Å²) in [5.41, 5.74) is 1.89. The van der Waals surface area contributed by atoms with Crippen molar-refractivity contribution in [2.24, 2.45) is 0 Å². The van der Waals surface area contributed by atoms with Crippen molar-refractivity contribution in [3.63, 3.8) is 0 Å². The van der Waals surface area contributed by atoms with E-state index in [0.29, 0.717) is 16.5 Å². The van der Waals surface area contributed by atoms with Crippen molar-refractivity contribution in [2.45, 2.75) is 13.0 Å². The standard InChI is InChI=1S/C20H21FN2O2S3/c1-13-10-17(28-18(13)14-2-4-15(21)5-3-14)20(25)23-12-27-11-16(23)19(24)22-6-8-26-9-7-22/h2-5,10,16H,6-9,11-12H2,1H3. The van der Waals surface area contributed by atoms with Crippen LogP contribution in [-0.2, 0) is 4.79 Å². The average molecular weight is 437 g/mol. The summed E-state index contributed by atoms with van der Waals surface area (Å²) in [7, 11) is 0. The largest absolute Gasteiger partial charge is 0.339 e. The number of carbonyl (C=O) groups is 2. The van der Waals surface area contributed by atoms with Crippen LogP contribution in [0, 0.1) is 12.7 Å². The van der Waals surface area contributed by atoms with Crippen LogP contribution >= 0.6 is 34.9 Å². The second kappa shape index (κ2) is 8.47. The normalized spacial score (nSPS) is 19.9. The van der Waals surface area contributed by atoms with Gasteiger partial charge in [-0.2, -0.15) is 11.8 Å². The molecule has 0 saturated carbocycles. The highest BCUT2D eigenvalue weighted by atomic mass is 32.2. The monoisotopic (exact) mass is 436 g/mol. The molecule has 2 aliphatic rings. The van der Waals surface area contributed by atoms with Crippen molar-refractivity contribution in [2.75, 3.05) is 36.2 Å². The maximum atomic E-state index is 13.2. The number of benzene rings is 1. The summed E-state index contributed by atoms with van der Waals surface area (Å²) >= 11 is 4.91. The van der Waals surface area contributed by atoms with E-state index in [9.17, 15) is 14.0 Å². The Morgan fingerprint density at radius 3 is 2.54 bits per heavy atom. The number of hydrogen-bond acceptors (Lipinski definition) is 5. The van der Waals surface area contributed by atoms with E-state index in [2.05, 4.69) is 0 Å². The number of rotatable bonds is 3. The fraction of sp³-hybridized carbons (Fsp3) is 0.400. The maximum absolute atomic E-state index is 13.2. The molecule has 3 heterocycles. The van der Waals surface area contributed by atoms with Crippen LogP contribution in [0.5, 0.6) is 0 Å². The van der Waals surface area contributed by atoms with Gasteiger partial charge in [-0.1, -0.05) is 12.1 Å². The van der Waals surface area contributed by atoms with Crippen LogP contribution in [0.2, 0.25) is 0 Å². The fourth-order valence-corrected chi connectivity index (χ4v) is 6.64. The molecule has 0 spiro atoms. The highest BCUT2D eigenvalue weighted by molar-refractivity contribution is 7.99. The lowest BCUT2D eigenvalue weighted by Gasteiger charge is -2.31. The van der Waals surface area contributed by atoms with E-state index in [-0.39, 0.29) is 23.7 Å². The van der Waals surface area contributed by atoms with Crippen LogP contribution < -0.4 is 0 Å². The van der Waals surface area contributed by atoms with Gasteiger partial charge in [-0.25, -0.2) is 4.39 Å². The summed E-state index contributed by atoms with van der Waals surface area (Å²) in [5.74, 6) is 2.84. The first kappa shape index (κ1) is 19.8. The van der Waals surface area contributed by atoms with Gasteiger partial charge in [0, 0.05) is 35.2 Å². The number of halogens is 1. The Labute approximate surface area is 176 Å². The molecule has 1 aromatic carbocycles. The van der Waals surface area contributed by atoms with Gasteiger partial charge in [-0.05, 0) is 36.2 Å². The van der Waals surface area contributed by atoms with E-state index < -0.39 is 0 Å². The van der Waals surface area contributed by atoms with Gasteiger partial charge in [0.15, 0.2) is 0 Å². The predicted molar refractivity (Wildman–Crippen MR) is 116 cm³/mol. The average Bonchev–Trinajstić information content (AvgIpc) is 3.35. The summed E-state index contributed by atoms with van der Waals surface area (Å²) in [6.45, 7) is 3.48. The molecule has 4 rings (SSSR count). The number of nitrogens with zero attached hydrogens (tertiary/aromatic N) is 2. The molecule has 148 valence electrons. The Morgan fingerprint density at radius 1 is 1.11 bits per heavy atom. The Hall–Kier alpha value is -1.51. The van der Waals surface area contributed by atoms with E-state index in [4.69, 9.17) is 0 Å². The Morgan fingerprint density at radius 2 is 1.82 bits per heavy atom. The molecule has 8 heteroatoms. The molecule has 1 unspecified atom stereocenters. The van der Waals surface area contributed by atoms with Crippen LogP contribution in [-0.4, -0.2) is 63.9 Å². The van der Waals surface area contributed by atoms with E-state index in [1.54, 1.807) is 28.8 Å². The molecule has 28 heavy (non-hydrogen) atoms. The van der Waals surface area contributed by atoms with Crippen molar-refractivity contribution in [3.05, 3.63) is 46.6 Å². The van der Waals surface area contributed by atoms with Crippen LogP contribution in [0.15, 0.2) is 30.3 Å². The number of carbonyl (C=O) groups excluding carboxylic acids is 2. The summed E-state index contributed by atoms with van der Waals surface area (Å²) in [5, 5.41) is 0. The molecule has 0 N–H and O–H groups in total. The Kier molecular flexibility index (Phi) is 5.99. The van der Waals surface area contributed by atoms with Crippen LogP contribution in [0.4, 0.5) is 4.39 Å². The number of thiophene rings is 1. The first-order valence-corrected chi connectivity index (χ1v) is 12.3. The smallest absolute Gasteiger partial charge is 0.265 e. The molecule has 2 aliphatic heterocycles. The molecule has 0 radical (unpaired) electrons. The summed E-state index contributed by atoms with van der Waals surface area (Å²) in [4.78, 5) is 31.3. The molecular formula is C20H21FN2O2S3. The lowest BCUT2D eigenvalue weighted by molar-refractivity contribution is -0.134. The van der Waals surface area contributed by atoms with Gasteiger partial charge in [0.25, 0.3) is 5.91 Å². The third-order valence-corrected chi connectivity index (χ3v) is 8.21. The van der Waals surface area contributed by atoms with Crippen molar-refractivity contribution < 1.29 is 14.0 Å². The first-order chi connectivity index (χ1) is 13.5. The Bertz CT molecular complexity index is 878. The zero-order chi connectivity index (χ0) is 19.7. The first-order valence-electron chi connectivity index (χ1n) is 9.16. The molecule has 2 amide bonds. The van der Waals surface area contributed by atoms with Crippen molar-refractivity contribution >= 4 is 46.7 Å². The zero-order valence-corrected chi connectivity index (χ0v) is 18.0. The minimum Gasteiger partial charge on any atom is -0.339 e. The molecule has 4 nitrogen and oxygen atoms in total. The highest BCUT2D eigenvalue weighted by Crippen LogP contribution is 2.35. The minimum absolute atomic E-state index is 0.0747. The third kappa shape index (κ3) is 3.95. The lowest BCUT2D eigenvalue weighted by Crippen LogP contribution is -2.51. The summed E-state index contributed by atoms with van der Waals surface area (Å²) in [6, 6.07) is 7.83. The predicted octanol–water partition coefficient (Wildman–Crippen LogP) is 3.95. The molecule has 2 aromatic rings. The number of thioether (sulfide) groups is 2. The van der Waals surface area contributed by atoms with Crippen molar-refractivity contribution in [3.8, 4) is 10.4 Å². The van der Waals surface area contributed by atoms with Gasteiger partial charge in [-0.3, -0.25) is 9.59 Å². The highest BCUT2D eigenvalue weighted by Gasteiger charge is 2.38. The van der Waals surface area contributed by atoms with Crippen LogP contribution in [0.1, 0.15) is 15.2 Å². The van der Waals surface area contributed by atoms with Gasteiger partial charge in [0.1, 0.15) is 11.9 Å². The van der Waals surface area contributed by atoms with E-state index >= 15 is 0 Å². The van der Waals surface area contributed by atoms with Gasteiger partial charge >= 0.3 is 0 Å². The second-order valence-corrected chi connectivity index (χ2v) is 10.1. The Balaban J connectivity index is 1.54. The number of aryl methyl sites for hydroxylation is 1. The lowest BCUT2D eigenvalue weighted by atomic mass is 10.1. The number of hydrogen-bond donors (Lipinski definition) is 0. The molecular weight excluding hydrogens is 415 g/mol. The zero-order valence-electron chi connectivity index (χ0n) is 15.5. The van der Waals surface area contributed by atoms with Gasteiger partial charge in [0.05, 0.1) is 10.8 Å². The number of amides is 2. The SMILES string of the molecule is Cc1cc(C(=O)N2CSCC2C(=O)N2CCSCC2)sc1-c1ccc(F)cc1. The molecule has 2 saturated heterocycles. The summed E-state index contributed by atoms with van der Waals surface area (Å²) in [6.07, 6.45) is 0. The van der Waals surface area contributed by atoms with Gasteiger partial charge in [0.2, 0.25) is 5.91 Å². The summed E-state index contributed by atoms with van der Waals surface area (Å²) < 4.78 is 13.2. The van der Waals surface area contributed by atoms with Crippen LogP contribution in [0.3, 0.4) is 0 Å². The molecule has 1 aromatic heterocycles. The fourth-order valence-electron chi connectivity index (χ4n) is 3.46. The second-order valence-electron chi connectivity index (χ2n) is 6.86. The van der Waals surface area contributed by atoms with Crippen molar-refractivity contribution in [1.82, 2.24) is 9.80 Å². The molecule has 0 bridgehead atoms. The topological polar surface area (TPSA) is 40.6 Å². The molecule has 2 fully saturated rings. The van der Waals surface area contributed by atoms with E-state index in [1.807, 2.05) is 29.7 Å². The molecule has 0 aliphatic carbocycles. The van der Waals surface area contributed by atoms with Crippen molar-refractivity contribution in [1.29, 1.82) is 0 Å². The van der Waals surface area contributed by atoms with E-state index in [1.165, 1.54) is 23.5 Å². The molecule has 1 atom stereocenters. The van der Waals surface area contributed by atoms with Gasteiger partial charge in [-0.15, -0.1) is 23.1 Å². The van der Waals surface area contributed by atoms with E-state index in [0.717, 1.165) is 40.6 Å². The third-order valence-electron chi connectivity index (χ3n) is 4.99. The maximum Gasteiger partial charge on any atom is 0.265 e. The van der Waals surface area contributed by atoms with Crippen LogP contribution in [0.25, 0.3) is 10.4 Å². The minimum atomic E-state index is -0.378. The van der Waals surface area contributed by atoms with Gasteiger partial charge < -0.3 is 9.80 Å². The quantitative estimate of drug-likeness (QED) is 0.731.